The second-order valence-electron chi connectivity index (χ2n) is 2.10. The fourth-order valence-corrected chi connectivity index (χ4v) is 1.10. The lowest BCUT2D eigenvalue weighted by molar-refractivity contribution is -0.792. The summed E-state index contributed by atoms with van der Waals surface area (Å²) in [5.41, 5.74) is 3.59. The summed E-state index contributed by atoms with van der Waals surface area (Å²) in [5.74, 6) is 0. The van der Waals surface area contributed by atoms with Crippen LogP contribution < -0.4 is 5.73 Å². The number of rotatable bonds is 6. The molecule has 0 aliphatic heterocycles. The van der Waals surface area contributed by atoms with Gasteiger partial charge in [-0.2, -0.15) is 0 Å². The van der Waals surface area contributed by atoms with E-state index < -0.39 is 21.7 Å². The molecule has 0 aromatic carbocycles. The molecule has 0 heterocycles. The number of nitrogens with two attached hydrogens (primary N) is 1. The van der Waals surface area contributed by atoms with E-state index in [-0.39, 0.29) is 0 Å². The van der Waals surface area contributed by atoms with Crippen LogP contribution in [0.4, 0.5) is 0 Å². The molecule has 0 spiro atoms. The normalized spacial score (nSPS) is 12.9. The van der Waals surface area contributed by atoms with Gasteiger partial charge in [-0.3, -0.25) is 4.84 Å². The first-order chi connectivity index (χ1) is 6.97. The van der Waals surface area contributed by atoms with E-state index in [9.17, 15) is 20.2 Å². The molecule has 0 radical (unpaired) electrons. The molecule has 10 heteroatoms. The predicted molar refractivity (Wildman–Crippen MR) is 49.0 cm³/mol. The van der Waals surface area contributed by atoms with Crippen LogP contribution in [0.15, 0.2) is 0 Å². The Bertz CT molecular complexity index is 299. The summed E-state index contributed by atoms with van der Waals surface area (Å²) in [6.07, 6.45) is -1.14. The lowest BCUT2D eigenvalue weighted by Gasteiger charge is -2.16. The van der Waals surface area contributed by atoms with Crippen LogP contribution in [-0.2, 0) is 9.68 Å². The van der Waals surface area contributed by atoms with Gasteiger partial charge in [0.2, 0.25) is 0 Å². The van der Waals surface area contributed by atoms with E-state index in [4.69, 9.17) is 5.73 Å². The van der Waals surface area contributed by atoms with Gasteiger partial charge in [0.05, 0.1) is 0 Å². The zero-order valence-electron chi connectivity index (χ0n) is 7.48. The topological polar surface area (TPSA) is 131 Å². The number of nitrogens with zero attached hydrogens (tertiary/aromatic N) is 2. The first-order valence-electron chi connectivity index (χ1n) is 3.46. The first-order valence-corrected chi connectivity index (χ1v) is 4.34. The van der Waals surface area contributed by atoms with E-state index in [0.29, 0.717) is 11.8 Å². The largest absolute Gasteiger partial charge is 0.359 e. The molecule has 0 amide bonds. The van der Waals surface area contributed by atoms with Crippen molar-refractivity contribution in [3.8, 4) is 11.3 Å². The lowest BCUT2D eigenvalue weighted by Crippen LogP contribution is -2.29. The molecule has 0 fully saturated rings. The molecule has 0 rings (SSSR count). The number of hydrogen-bond donors (Lipinski definition) is 1. The van der Waals surface area contributed by atoms with Crippen molar-refractivity contribution in [2.75, 3.05) is 0 Å². The fraction of sp³-hybridized carbons (Fsp3) is 0.600. The van der Waals surface area contributed by atoms with Gasteiger partial charge in [-0.15, -0.1) is 20.2 Å². The van der Waals surface area contributed by atoms with Crippen LogP contribution in [0.5, 0.6) is 0 Å². The van der Waals surface area contributed by atoms with E-state index in [0.717, 1.165) is 0 Å². The van der Waals surface area contributed by atoms with E-state index >= 15 is 0 Å². The van der Waals surface area contributed by atoms with Crippen molar-refractivity contribution >= 4 is 11.8 Å². The average Bonchev–Trinajstić information content (AvgIpc) is 2.10. The van der Waals surface area contributed by atoms with Gasteiger partial charge in [0.25, 0.3) is 10.2 Å². The summed E-state index contributed by atoms with van der Waals surface area (Å²) in [6.45, 7) is 1.24. The minimum atomic E-state index is -1.23. The Labute approximate surface area is 88.1 Å². The SMILES string of the molecule is CC(O[N+](=O)[O-])C(O[N+](=O)[O-])SC#CN. The third-order valence-electron chi connectivity index (χ3n) is 1.06. The first kappa shape index (κ1) is 13.1. The number of hydrogen-bond acceptors (Lipinski definition) is 8. The van der Waals surface area contributed by atoms with E-state index in [1.165, 1.54) is 6.92 Å². The van der Waals surface area contributed by atoms with Crippen LogP contribution in [0, 0.1) is 31.5 Å². The molecule has 0 aliphatic carbocycles. The second-order valence-corrected chi connectivity index (χ2v) is 3.00. The maximum Gasteiger partial charge on any atom is 0.295 e. The smallest absolute Gasteiger partial charge is 0.295 e. The van der Waals surface area contributed by atoms with Gasteiger partial charge >= 0.3 is 0 Å². The van der Waals surface area contributed by atoms with Crippen LogP contribution in [-0.4, -0.2) is 21.7 Å². The summed E-state index contributed by atoms with van der Waals surface area (Å²) < 4.78 is 0. The fourth-order valence-electron chi connectivity index (χ4n) is 0.565. The molecule has 9 nitrogen and oxygen atoms in total. The Morgan fingerprint density at radius 2 is 1.87 bits per heavy atom. The summed E-state index contributed by atoms with van der Waals surface area (Å²) >= 11 is 0.621. The predicted octanol–water partition coefficient (Wildman–Crippen LogP) is -0.272. The van der Waals surface area contributed by atoms with Crippen LogP contribution in [0.25, 0.3) is 0 Å². The monoisotopic (exact) mass is 237 g/mol. The summed E-state index contributed by atoms with van der Waals surface area (Å²) in [4.78, 5) is 28.2. The highest BCUT2D eigenvalue weighted by Gasteiger charge is 2.24. The van der Waals surface area contributed by atoms with Crippen molar-refractivity contribution < 1.29 is 19.8 Å². The summed E-state index contributed by atoms with van der Waals surface area (Å²) in [7, 11) is 0. The molecule has 0 aliphatic rings. The maximum absolute atomic E-state index is 10.0. The molecule has 0 aromatic heterocycles. The quantitative estimate of drug-likeness (QED) is 0.219. The molecule has 2 N–H and O–H groups in total. The van der Waals surface area contributed by atoms with Crippen LogP contribution in [0.1, 0.15) is 6.92 Å². The van der Waals surface area contributed by atoms with Crippen molar-refractivity contribution in [3.63, 3.8) is 0 Å². The highest BCUT2D eigenvalue weighted by atomic mass is 32.2. The van der Waals surface area contributed by atoms with Crippen molar-refractivity contribution in [2.45, 2.75) is 18.5 Å². The summed E-state index contributed by atoms with van der Waals surface area (Å²) in [6, 6.07) is 1.96. The average molecular weight is 237 g/mol. The summed E-state index contributed by atoms with van der Waals surface area (Å²) in [5, 5.41) is 20.1. The van der Waals surface area contributed by atoms with Crippen molar-refractivity contribution in [2.24, 2.45) is 5.73 Å². The van der Waals surface area contributed by atoms with E-state index in [1.54, 1.807) is 0 Å². The highest BCUT2D eigenvalue weighted by molar-refractivity contribution is 8.04. The van der Waals surface area contributed by atoms with Gasteiger partial charge in [-0.1, -0.05) is 0 Å². The lowest BCUT2D eigenvalue weighted by atomic mass is 10.4. The van der Waals surface area contributed by atoms with Crippen molar-refractivity contribution in [3.05, 3.63) is 20.2 Å². The molecule has 0 saturated heterocycles. The highest BCUT2D eigenvalue weighted by Crippen LogP contribution is 2.17. The molecule has 2 unspecified atom stereocenters. The third kappa shape index (κ3) is 6.22. The Hall–Kier alpha value is -1.89. The van der Waals surface area contributed by atoms with Gasteiger partial charge in [0.15, 0.2) is 5.44 Å². The Morgan fingerprint density at radius 1 is 1.33 bits per heavy atom. The van der Waals surface area contributed by atoms with Crippen LogP contribution >= 0.6 is 11.8 Å². The van der Waals surface area contributed by atoms with Gasteiger partial charge in [0.1, 0.15) is 6.10 Å². The zero-order valence-corrected chi connectivity index (χ0v) is 8.30. The van der Waals surface area contributed by atoms with E-state index in [2.05, 4.69) is 14.9 Å². The molecular weight excluding hydrogens is 230 g/mol. The van der Waals surface area contributed by atoms with Crippen LogP contribution in [0.2, 0.25) is 0 Å². The van der Waals surface area contributed by atoms with Crippen molar-refractivity contribution in [1.29, 1.82) is 0 Å². The minimum Gasteiger partial charge on any atom is -0.359 e. The third-order valence-corrected chi connectivity index (χ3v) is 2.00. The Balaban J connectivity index is 4.36. The second kappa shape index (κ2) is 6.55. The molecule has 0 bridgehead atoms. The molecule has 0 aromatic rings. The maximum atomic E-state index is 10.0. The minimum absolute atomic E-state index is 0.621. The number of thioether (sulfide) groups is 1. The molecule has 2 atom stereocenters. The Morgan fingerprint density at radius 3 is 2.27 bits per heavy atom. The molecule has 84 valence electrons. The van der Waals surface area contributed by atoms with Gasteiger partial charge in [-0.05, 0) is 23.9 Å². The van der Waals surface area contributed by atoms with Gasteiger partial charge in [-0.25, -0.2) is 0 Å². The standard InChI is InChI=1S/C5H7N3O6S/c1-4(13-7(9)10)5(14-8(11)12)15-3-2-6/h4-5H,6H2,1H3. The van der Waals surface area contributed by atoms with Crippen LogP contribution in [0.3, 0.4) is 0 Å². The zero-order chi connectivity index (χ0) is 11.8. The Kier molecular flexibility index (Phi) is 5.72. The van der Waals surface area contributed by atoms with Gasteiger partial charge in [0, 0.05) is 6.04 Å². The molecule has 15 heavy (non-hydrogen) atoms. The molecular formula is C5H7N3O6S. The van der Waals surface area contributed by atoms with E-state index in [1.807, 2.05) is 6.04 Å². The molecule has 0 saturated carbocycles. The van der Waals surface area contributed by atoms with Gasteiger partial charge < -0.3 is 10.6 Å². The van der Waals surface area contributed by atoms with Crippen molar-refractivity contribution in [1.82, 2.24) is 0 Å².